The van der Waals surface area contributed by atoms with Crippen LogP contribution >= 0.6 is 0 Å². The third kappa shape index (κ3) is 5.36. The first-order chi connectivity index (χ1) is 17.2. The average molecular weight is 469 g/mol. The Hall–Kier alpha value is -4.10. The van der Waals surface area contributed by atoms with Gasteiger partial charge in [-0.15, -0.1) is 0 Å². The Kier molecular flexibility index (Phi) is 6.77. The number of benzene rings is 3. The molecule has 0 spiro atoms. The van der Waals surface area contributed by atoms with Crippen molar-refractivity contribution in [1.29, 1.82) is 0 Å². The lowest BCUT2D eigenvalue weighted by Gasteiger charge is -2.34. The van der Waals surface area contributed by atoms with Crippen LogP contribution in [0.3, 0.4) is 0 Å². The van der Waals surface area contributed by atoms with E-state index >= 15 is 0 Å². The normalized spacial score (nSPS) is 14.1. The van der Waals surface area contributed by atoms with Crippen molar-refractivity contribution in [2.24, 2.45) is 0 Å². The molecule has 1 aromatic heterocycles. The maximum Gasteiger partial charge on any atom is 0.270 e. The van der Waals surface area contributed by atoms with Gasteiger partial charge in [0.15, 0.2) is 0 Å². The molecule has 0 aliphatic carbocycles. The quantitative estimate of drug-likeness (QED) is 0.425. The van der Waals surface area contributed by atoms with Gasteiger partial charge in [-0.1, -0.05) is 48.5 Å². The fourth-order valence-corrected chi connectivity index (χ4v) is 4.32. The zero-order chi connectivity index (χ0) is 24.0. The standard InChI is InChI=1S/C28H28N4O3/c33-27(29-22-9-2-1-3-10-22)23-11-5-7-13-26(23)35-19-18-31-14-16-32(17-15-31)28(34)25-20-21-8-4-6-12-24(21)30-25/h1-13,20,30H,14-19H2,(H,29,33). The van der Waals surface area contributed by atoms with Gasteiger partial charge in [-0.05, 0) is 36.4 Å². The molecule has 2 amide bonds. The molecule has 3 aromatic carbocycles. The minimum Gasteiger partial charge on any atom is -0.491 e. The van der Waals surface area contributed by atoms with E-state index in [9.17, 15) is 9.59 Å². The number of nitrogens with one attached hydrogen (secondary N) is 2. The maximum absolute atomic E-state index is 12.9. The number of nitrogens with zero attached hydrogens (tertiary/aromatic N) is 2. The van der Waals surface area contributed by atoms with Crippen molar-refractivity contribution in [1.82, 2.24) is 14.8 Å². The number of hydrogen-bond donors (Lipinski definition) is 2. The predicted octanol–water partition coefficient (Wildman–Crippen LogP) is 4.26. The minimum atomic E-state index is -0.198. The van der Waals surface area contributed by atoms with E-state index in [2.05, 4.69) is 15.2 Å². The topological polar surface area (TPSA) is 77.7 Å². The molecular weight excluding hydrogens is 440 g/mol. The van der Waals surface area contributed by atoms with Crippen LogP contribution in [0.5, 0.6) is 5.75 Å². The SMILES string of the molecule is O=C(Nc1ccccc1)c1ccccc1OCCN1CCN(C(=O)c2cc3ccccc3[nH]2)CC1. The highest BCUT2D eigenvalue weighted by Crippen LogP contribution is 2.20. The summed E-state index contributed by atoms with van der Waals surface area (Å²) in [6.07, 6.45) is 0. The monoisotopic (exact) mass is 468 g/mol. The zero-order valence-electron chi connectivity index (χ0n) is 19.4. The molecule has 0 atom stereocenters. The molecule has 2 heterocycles. The number of hydrogen-bond acceptors (Lipinski definition) is 4. The number of rotatable bonds is 7. The van der Waals surface area contributed by atoms with Gasteiger partial charge in [0, 0.05) is 49.3 Å². The van der Waals surface area contributed by atoms with Crippen LogP contribution in [-0.2, 0) is 0 Å². The molecule has 2 N–H and O–H groups in total. The van der Waals surface area contributed by atoms with Crippen molar-refractivity contribution in [3.63, 3.8) is 0 Å². The van der Waals surface area contributed by atoms with Crippen LogP contribution in [0.25, 0.3) is 10.9 Å². The molecule has 1 aliphatic heterocycles. The molecule has 0 saturated carbocycles. The molecule has 178 valence electrons. The zero-order valence-corrected chi connectivity index (χ0v) is 19.4. The first-order valence-corrected chi connectivity index (χ1v) is 11.8. The molecule has 4 aromatic rings. The third-order valence-corrected chi connectivity index (χ3v) is 6.25. The van der Waals surface area contributed by atoms with Gasteiger partial charge < -0.3 is 19.9 Å². The van der Waals surface area contributed by atoms with Crippen molar-refractivity contribution < 1.29 is 14.3 Å². The second-order valence-electron chi connectivity index (χ2n) is 8.57. The van der Waals surface area contributed by atoms with Crippen LogP contribution < -0.4 is 10.1 Å². The molecule has 1 fully saturated rings. The Labute approximate surface area is 204 Å². The van der Waals surface area contributed by atoms with Crippen LogP contribution in [0.2, 0.25) is 0 Å². The Bertz CT molecular complexity index is 1280. The van der Waals surface area contributed by atoms with Crippen molar-refractivity contribution in [3.8, 4) is 5.75 Å². The molecule has 1 saturated heterocycles. The molecule has 0 bridgehead atoms. The lowest BCUT2D eigenvalue weighted by molar-refractivity contribution is 0.0615. The summed E-state index contributed by atoms with van der Waals surface area (Å²) in [6, 6.07) is 26.5. The number of ether oxygens (including phenoxy) is 1. The van der Waals surface area contributed by atoms with Gasteiger partial charge >= 0.3 is 0 Å². The second kappa shape index (κ2) is 10.4. The van der Waals surface area contributed by atoms with Crippen molar-refractivity contribution in [2.75, 3.05) is 44.6 Å². The Morgan fingerprint density at radius 1 is 0.857 bits per heavy atom. The summed E-state index contributed by atoms with van der Waals surface area (Å²) < 4.78 is 5.99. The highest BCUT2D eigenvalue weighted by atomic mass is 16.5. The number of anilines is 1. The number of fused-ring (bicyclic) bond motifs is 1. The van der Waals surface area contributed by atoms with Crippen molar-refractivity contribution in [3.05, 3.63) is 96.2 Å². The molecule has 7 heteroatoms. The smallest absolute Gasteiger partial charge is 0.270 e. The summed E-state index contributed by atoms with van der Waals surface area (Å²) in [5.74, 6) is 0.403. The van der Waals surface area contributed by atoms with Crippen LogP contribution in [-0.4, -0.2) is 65.9 Å². The first-order valence-electron chi connectivity index (χ1n) is 11.8. The molecule has 7 nitrogen and oxygen atoms in total. The van der Waals surface area contributed by atoms with E-state index in [-0.39, 0.29) is 11.8 Å². The number of piperazine rings is 1. The predicted molar refractivity (Wildman–Crippen MR) is 137 cm³/mol. The Balaban J connectivity index is 1.11. The fraction of sp³-hybridized carbons (Fsp3) is 0.214. The number of H-pyrrole nitrogens is 1. The van der Waals surface area contributed by atoms with Crippen LogP contribution in [0.4, 0.5) is 5.69 Å². The van der Waals surface area contributed by atoms with E-state index in [4.69, 9.17) is 4.74 Å². The number of carbonyl (C=O) groups is 2. The number of para-hydroxylation sites is 3. The molecule has 35 heavy (non-hydrogen) atoms. The van der Waals surface area contributed by atoms with Crippen LogP contribution in [0.1, 0.15) is 20.8 Å². The molecular formula is C28H28N4O3. The van der Waals surface area contributed by atoms with Crippen molar-refractivity contribution in [2.45, 2.75) is 0 Å². The van der Waals surface area contributed by atoms with Gasteiger partial charge in [-0.3, -0.25) is 14.5 Å². The molecule has 1 aliphatic rings. The Morgan fingerprint density at radius 3 is 2.37 bits per heavy atom. The summed E-state index contributed by atoms with van der Waals surface area (Å²) in [4.78, 5) is 33.1. The minimum absolute atomic E-state index is 0.0375. The summed E-state index contributed by atoms with van der Waals surface area (Å²) in [6.45, 7) is 4.10. The summed E-state index contributed by atoms with van der Waals surface area (Å²) in [5.41, 5.74) is 2.86. The largest absolute Gasteiger partial charge is 0.491 e. The van der Waals surface area contributed by atoms with Gasteiger partial charge in [-0.25, -0.2) is 0 Å². The van der Waals surface area contributed by atoms with Gasteiger partial charge in [0.2, 0.25) is 0 Å². The number of carbonyl (C=O) groups excluding carboxylic acids is 2. The second-order valence-corrected chi connectivity index (χ2v) is 8.57. The van der Waals surface area contributed by atoms with Gasteiger partial charge in [0.1, 0.15) is 18.1 Å². The lowest BCUT2D eigenvalue weighted by Crippen LogP contribution is -2.49. The lowest BCUT2D eigenvalue weighted by atomic mass is 10.2. The maximum atomic E-state index is 12.9. The number of aromatic nitrogens is 1. The molecule has 0 unspecified atom stereocenters. The van der Waals surface area contributed by atoms with E-state index in [1.165, 1.54) is 0 Å². The highest BCUT2D eigenvalue weighted by molar-refractivity contribution is 6.06. The Morgan fingerprint density at radius 2 is 1.57 bits per heavy atom. The van der Waals surface area contributed by atoms with Gasteiger partial charge in [0.25, 0.3) is 11.8 Å². The summed E-state index contributed by atoms with van der Waals surface area (Å²) in [5, 5.41) is 3.95. The number of aromatic amines is 1. The van der Waals surface area contributed by atoms with Crippen molar-refractivity contribution >= 4 is 28.4 Å². The van der Waals surface area contributed by atoms with Crippen LogP contribution in [0, 0.1) is 0 Å². The first kappa shape index (κ1) is 22.7. The van der Waals surface area contributed by atoms with E-state index < -0.39 is 0 Å². The molecule has 0 radical (unpaired) electrons. The molecule has 5 rings (SSSR count). The number of amides is 2. The van der Waals surface area contributed by atoms with E-state index in [1.807, 2.05) is 83.8 Å². The summed E-state index contributed by atoms with van der Waals surface area (Å²) >= 11 is 0. The van der Waals surface area contributed by atoms with Crippen LogP contribution in [0.15, 0.2) is 84.9 Å². The van der Waals surface area contributed by atoms with Gasteiger partial charge in [0.05, 0.1) is 5.56 Å². The fourth-order valence-electron chi connectivity index (χ4n) is 4.32. The third-order valence-electron chi connectivity index (χ3n) is 6.25. The van der Waals surface area contributed by atoms with E-state index in [0.29, 0.717) is 36.7 Å². The van der Waals surface area contributed by atoms with E-state index in [1.54, 1.807) is 6.07 Å². The average Bonchev–Trinajstić information content (AvgIpc) is 3.34. The van der Waals surface area contributed by atoms with E-state index in [0.717, 1.165) is 36.2 Å². The highest BCUT2D eigenvalue weighted by Gasteiger charge is 2.23. The van der Waals surface area contributed by atoms with Gasteiger partial charge in [-0.2, -0.15) is 0 Å². The summed E-state index contributed by atoms with van der Waals surface area (Å²) in [7, 11) is 0.